The maximum Gasteiger partial charge on any atom is 0.355 e. The Morgan fingerprint density at radius 2 is 1.60 bits per heavy atom. The molecule has 0 saturated heterocycles. The van der Waals surface area contributed by atoms with E-state index in [-0.39, 0.29) is 6.42 Å². The van der Waals surface area contributed by atoms with Crippen LogP contribution in [-0.2, 0) is 4.74 Å². The van der Waals surface area contributed by atoms with Crippen molar-refractivity contribution in [1.29, 1.82) is 0 Å². The van der Waals surface area contributed by atoms with Gasteiger partial charge in [0.05, 0.1) is 6.10 Å². The first-order valence-corrected chi connectivity index (χ1v) is 5.89. The van der Waals surface area contributed by atoms with Gasteiger partial charge in [0.25, 0.3) is 0 Å². The van der Waals surface area contributed by atoms with Crippen molar-refractivity contribution >= 4 is 0 Å². The first-order chi connectivity index (χ1) is 6.83. The van der Waals surface area contributed by atoms with Crippen LogP contribution in [0.25, 0.3) is 0 Å². The van der Waals surface area contributed by atoms with Gasteiger partial charge in [0.15, 0.2) is 0 Å². The molecule has 0 saturated carbocycles. The van der Waals surface area contributed by atoms with Crippen molar-refractivity contribution in [2.24, 2.45) is 5.92 Å². The fourth-order valence-electron chi connectivity index (χ4n) is 1.46. The molecule has 0 aliphatic carbocycles. The highest BCUT2D eigenvalue weighted by Gasteiger charge is 2.30. The minimum Gasteiger partial charge on any atom is -0.318 e. The first-order valence-electron chi connectivity index (χ1n) is 5.89. The normalized spacial score (nSPS) is 12.8. The zero-order valence-corrected chi connectivity index (χ0v) is 10.4. The number of halogens is 2. The quantitative estimate of drug-likeness (QED) is 0.545. The second-order valence-corrected chi connectivity index (χ2v) is 4.80. The number of unbranched alkanes of at least 4 members (excludes halogenated alkanes) is 2. The van der Waals surface area contributed by atoms with Gasteiger partial charge in [-0.25, -0.2) is 0 Å². The number of hydrogen-bond donors (Lipinski definition) is 0. The maximum absolute atomic E-state index is 13.0. The zero-order valence-electron chi connectivity index (χ0n) is 10.4. The lowest BCUT2D eigenvalue weighted by atomic mass is 10.0. The molecular weight excluding hydrogens is 198 g/mol. The summed E-state index contributed by atoms with van der Waals surface area (Å²) in [6.07, 6.45) is 0.0823. The third-order valence-corrected chi connectivity index (χ3v) is 2.16. The summed E-state index contributed by atoms with van der Waals surface area (Å²) < 4.78 is 30.6. The van der Waals surface area contributed by atoms with Crippen LogP contribution in [0.15, 0.2) is 0 Å². The molecule has 0 rings (SSSR count). The maximum atomic E-state index is 13.0. The van der Waals surface area contributed by atoms with Crippen molar-refractivity contribution in [2.45, 2.75) is 72.0 Å². The molecule has 0 aliphatic heterocycles. The SMILES string of the molecule is CC(C)CCCCCC(F)(F)OC(C)C. The summed E-state index contributed by atoms with van der Waals surface area (Å²) in [5, 5.41) is 0. The van der Waals surface area contributed by atoms with Crippen molar-refractivity contribution in [3.05, 3.63) is 0 Å². The summed E-state index contributed by atoms with van der Waals surface area (Å²) in [5.74, 6) is 0.664. The highest BCUT2D eigenvalue weighted by Crippen LogP contribution is 2.25. The largest absolute Gasteiger partial charge is 0.355 e. The molecule has 92 valence electrons. The molecule has 0 fully saturated rings. The van der Waals surface area contributed by atoms with Crippen molar-refractivity contribution in [1.82, 2.24) is 0 Å². The van der Waals surface area contributed by atoms with E-state index in [1.54, 1.807) is 13.8 Å². The van der Waals surface area contributed by atoms with E-state index in [4.69, 9.17) is 0 Å². The fourth-order valence-corrected chi connectivity index (χ4v) is 1.46. The smallest absolute Gasteiger partial charge is 0.318 e. The van der Waals surface area contributed by atoms with Gasteiger partial charge in [-0.15, -0.1) is 0 Å². The third-order valence-electron chi connectivity index (χ3n) is 2.16. The molecule has 0 bridgehead atoms. The van der Waals surface area contributed by atoms with E-state index in [1.807, 2.05) is 0 Å². The second kappa shape index (κ2) is 7.15. The molecule has 15 heavy (non-hydrogen) atoms. The minimum absolute atomic E-state index is 0.150. The van der Waals surface area contributed by atoms with Gasteiger partial charge in [0.2, 0.25) is 0 Å². The Hall–Kier alpha value is -0.180. The number of ether oxygens (including phenoxy) is 1. The number of hydrogen-bond acceptors (Lipinski definition) is 1. The van der Waals surface area contributed by atoms with Crippen molar-refractivity contribution in [3.8, 4) is 0 Å². The molecule has 0 aromatic carbocycles. The Balaban J connectivity index is 3.48. The molecule has 1 nitrogen and oxygen atoms in total. The fraction of sp³-hybridized carbons (Fsp3) is 1.00. The van der Waals surface area contributed by atoms with E-state index in [1.165, 1.54) is 0 Å². The van der Waals surface area contributed by atoms with Crippen LogP contribution in [0.5, 0.6) is 0 Å². The van der Waals surface area contributed by atoms with Gasteiger partial charge in [0, 0.05) is 6.42 Å². The molecule has 0 aromatic rings. The van der Waals surface area contributed by atoms with Crippen LogP contribution in [0.1, 0.15) is 59.8 Å². The van der Waals surface area contributed by atoms with Crippen LogP contribution in [0.4, 0.5) is 8.78 Å². The molecule has 0 heterocycles. The van der Waals surface area contributed by atoms with E-state index in [0.29, 0.717) is 12.3 Å². The molecular formula is C12H24F2O. The highest BCUT2D eigenvalue weighted by molar-refractivity contribution is 4.56. The molecule has 3 heteroatoms. The molecule has 0 radical (unpaired) electrons. The second-order valence-electron chi connectivity index (χ2n) is 4.80. The van der Waals surface area contributed by atoms with Gasteiger partial charge >= 0.3 is 6.11 Å². The topological polar surface area (TPSA) is 9.23 Å². The van der Waals surface area contributed by atoms with E-state index in [0.717, 1.165) is 19.3 Å². The van der Waals surface area contributed by atoms with Crippen LogP contribution >= 0.6 is 0 Å². The molecule has 0 aliphatic rings. The summed E-state index contributed by atoms with van der Waals surface area (Å²) in [6.45, 7) is 7.56. The van der Waals surface area contributed by atoms with Crippen LogP contribution in [0, 0.1) is 5.92 Å². The summed E-state index contributed by atoms with van der Waals surface area (Å²) in [7, 11) is 0. The van der Waals surface area contributed by atoms with Gasteiger partial charge in [-0.2, -0.15) is 8.78 Å². The monoisotopic (exact) mass is 222 g/mol. The van der Waals surface area contributed by atoms with Crippen LogP contribution < -0.4 is 0 Å². The lowest BCUT2D eigenvalue weighted by molar-refractivity contribution is -0.260. The molecule has 0 atom stereocenters. The average molecular weight is 222 g/mol. The van der Waals surface area contributed by atoms with Gasteiger partial charge in [0.1, 0.15) is 0 Å². The van der Waals surface area contributed by atoms with Gasteiger partial charge in [-0.3, -0.25) is 0 Å². The van der Waals surface area contributed by atoms with E-state index in [2.05, 4.69) is 18.6 Å². The number of rotatable bonds is 8. The van der Waals surface area contributed by atoms with Crippen molar-refractivity contribution < 1.29 is 13.5 Å². The van der Waals surface area contributed by atoms with E-state index in [9.17, 15) is 8.78 Å². The Morgan fingerprint density at radius 1 is 1.00 bits per heavy atom. The Morgan fingerprint density at radius 3 is 2.07 bits per heavy atom. The van der Waals surface area contributed by atoms with E-state index >= 15 is 0 Å². The van der Waals surface area contributed by atoms with Crippen molar-refractivity contribution in [3.63, 3.8) is 0 Å². The standard InChI is InChI=1S/C12H24F2O/c1-10(2)8-6-5-7-9-12(13,14)15-11(3)4/h10-11H,5-9H2,1-4H3. The van der Waals surface area contributed by atoms with Crippen LogP contribution in [-0.4, -0.2) is 12.2 Å². The molecule has 0 amide bonds. The third kappa shape index (κ3) is 10.1. The summed E-state index contributed by atoms with van der Waals surface area (Å²) in [6, 6.07) is 0. The average Bonchev–Trinajstić information content (AvgIpc) is 1.99. The summed E-state index contributed by atoms with van der Waals surface area (Å²) in [4.78, 5) is 0. The van der Waals surface area contributed by atoms with Crippen LogP contribution in [0.3, 0.4) is 0 Å². The molecule has 0 unspecified atom stereocenters. The predicted octanol–water partition coefficient (Wildman–Crippen LogP) is 4.61. The molecule has 0 spiro atoms. The lowest BCUT2D eigenvalue weighted by Gasteiger charge is -2.19. The van der Waals surface area contributed by atoms with Crippen LogP contribution in [0.2, 0.25) is 0 Å². The molecule has 0 N–H and O–H groups in total. The Labute approximate surface area is 92.2 Å². The summed E-state index contributed by atoms with van der Waals surface area (Å²) in [5.41, 5.74) is 0. The molecule has 0 aromatic heterocycles. The van der Waals surface area contributed by atoms with E-state index < -0.39 is 12.2 Å². The summed E-state index contributed by atoms with van der Waals surface area (Å²) >= 11 is 0. The van der Waals surface area contributed by atoms with Gasteiger partial charge in [-0.1, -0.05) is 33.1 Å². The van der Waals surface area contributed by atoms with Gasteiger partial charge in [-0.05, 0) is 26.2 Å². The minimum atomic E-state index is -2.94. The Bertz CT molecular complexity index is 156. The van der Waals surface area contributed by atoms with Gasteiger partial charge < -0.3 is 4.74 Å². The zero-order chi connectivity index (χ0) is 11.9. The lowest BCUT2D eigenvalue weighted by Crippen LogP contribution is -2.24. The Kier molecular flexibility index (Phi) is 7.07. The predicted molar refractivity (Wildman–Crippen MR) is 59.1 cm³/mol. The highest BCUT2D eigenvalue weighted by atomic mass is 19.3. The van der Waals surface area contributed by atoms with Crippen molar-refractivity contribution in [2.75, 3.05) is 0 Å². The first kappa shape index (κ1) is 14.8. The number of alkyl halides is 2.